The summed E-state index contributed by atoms with van der Waals surface area (Å²) in [5.74, 6) is 0.777. The number of H-pyrrole nitrogens is 1. The van der Waals surface area contributed by atoms with E-state index in [0.717, 1.165) is 12.2 Å². The van der Waals surface area contributed by atoms with Crippen molar-refractivity contribution in [3.05, 3.63) is 18.2 Å². The molecule has 0 aliphatic heterocycles. The van der Waals surface area contributed by atoms with Crippen LogP contribution in [0.25, 0.3) is 0 Å². The summed E-state index contributed by atoms with van der Waals surface area (Å²) in [7, 11) is 0. The Hall–Kier alpha value is -1.36. The Bertz CT molecular complexity index is 321. The van der Waals surface area contributed by atoms with Gasteiger partial charge in [-0.25, -0.2) is 4.98 Å². The summed E-state index contributed by atoms with van der Waals surface area (Å²) in [5, 5.41) is 2.89. The Balaban J connectivity index is 2.61. The molecule has 1 unspecified atom stereocenters. The summed E-state index contributed by atoms with van der Waals surface area (Å²) in [6, 6.07) is -0.559. The number of carbonyl (C=O) groups excluding carboxylic acids is 1. The van der Waals surface area contributed by atoms with E-state index in [0.29, 0.717) is 0 Å². The summed E-state index contributed by atoms with van der Waals surface area (Å²) in [5.41, 5.74) is 5.77. The molecule has 1 aromatic heterocycles. The van der Waals surface area contributed by atoms with Gasteiger partial charge >= 0.3 is 0 Å². The largest absolute Gasteiger partial charge is 0.347 e. The number of hydrogen-bond donors (Lipinski definition) is 3. The normalized spacial score (nSPS) is 14.8. The quantitative estimate of drug-likeness (QED) is 0.696. The van der Waals surface area contributed by atoms with Crippen LogP contribution in [-0.4, -0.2) is 21.9 Å². The predicted molar refractivity (Wildman–Crippen MR) is 62.6 cm³/mol. The molecule has 1 amide bonds. The molecule has 0 saturated heterocycles. The van der Waals surface area contributed by atoms with Gasteiger partial charge in [0.25, 0.3) is 0 Å². The molecule has 1 rings (SSSR count). The molecule has 1 aromatic rings. The lowest BCUT2D eigenvalue weighted by atomic mass is 10.0. The van der Waals surface area contributed by atoms with E-state index >= 15 is 0 Å². The zero-order valence-corrected chi connectivity index (χ0v) is 10.0. The third kappa shape index (κ3) is 3.06. The smallest absolute Gasteiger partial charge is 0.237 e. The zero-order chi connectivity index (χ0) is 12.1. The van der Waals surface area contributed by atoms with Crippen molar-refractivity contribution in [3.8, 4) is 0 Å². The maximum absolute atomic E-state index is 11.8. The molecule has 90 valence electrons. The molecular weight excluding hydrogens is 204 g/mol. The molecular formula is C11H20N4O. The molecule has 0 aromatic carbocycles. The number of aromatic nitrogens is 2. The van der Waals surface area contributed by atoms with E-state index in [1.165, 1.54) is 0 Å². The van der Waals surface area contributed by atoms with Gasteiger partial charge in [0.1, 0.15) is 5.82 Å². The third-order valence-electron chi connectivity index (χ3n) is 2.60. The van der Waals surface area contributed by atoms with Gasteiger partial charge in [0, 0.05) is 12.4 Å². The van der Waals surface area contributed by atoms with Crippen LogP contribution < -0.4 is 11.1 Å². The van der Waals surface area contributed by atoms with Crippen LogP contribution in [0, 0.1) is 5.92 Å². The van der Waals surface area contributed by atoms with Gasteiger partial charge in [-0.1, -0.05) is 20.8 Å². The fourth-order valence-electron chi connectivity index (χ4n) is 1.40. The van der Waals surface area contributed by atoms with E-state index in [9.17, 15) is 4.79 Å². The monoisotopic (exact) mass is 224 g/mol. The first-order valence-corrected chi connectivity index (χ1v) is 5.61. The molecule has 0 bridgehead atoms. The minimum atomic E-state index is -0.469. The van der Waals surface area contributed by atoms with Crippen molar-refractivity contribution in [2.45, 2.75) is 39.3 Å². The van der Waals surface area contributed by atoms with Crippen molar-refractivity contribution in [1.82, 2.24) is 15.3 Å². The van der Waals surface area contributed by atoms with Crippen LogP contribution in [0.1, 0.15) is 39.1 Å². The molecule has 0 fully saturated rings. The molecule has 5 heteroatoms. The lowest BCUT2D eigenvalue weighted by Gasteiger charge is -2.20. The minimum absolute atomic E-state index is 0.0905. The van der Waals surface area contributed by atoms with Crippen LogP contribution in [0.2, 0.25) is 0 Å². The van der Waals surface area contributed by atoms with E-state index in [4.69, 9.17) is 5.73 Å². The van der Waals surface area contributed by atoms with Gasteiger partial charge < -0.3 is 16.0 Å². The molecule has 5 nitrogen and oxygen atoms in total. The van der Waals surface area contributed by atoms with Gasteiger partial charge in [-0.2, -0.15) is 0 Å². The lowest BCUT2D eigenvalue weighted by Crippen LogP contribution is -2.45. The summed E-state index contributed by atoms with van der Waals surface area (Å²) in [6.45, 7) is 5.85. The van der Waals surface area contributed by atoms with Gasteiger partial charge in [-0.05, 0) is 12.3 Å². The highest BCUT2D eigenvalue weighted by Gasteiger charge is 2.21. The number of aromatic amines is 1. The molecule has 16 heavy (non-hydrogen) atoms. The maximum Gasteiger partial charge on any atom is 0.237 e. The Morgan fingerprint density at radius 2 is 2.31 bits per heavy atom. The second kappa shape index (κ2) is 5.65. The second-order valence-corrected chi connectivity index (χ2v) is 4.21. The molecule has 2 atom stereocenters. The topological polar surface area (TPSA) is 83.8 Å². The van der Waals surface area contributed by atoms with Crippen molar-refractivity contribution >= 4 is 5.91 Å². The standard InChI is InChI=1S/C11H20N4O/c1-4-8(10-13-5-6-14-10)15-11(16)9(12)7(2)3/h5-9H,4,12H2,1-3H3,(H,13,14)(H,15,16)/t8?,9-/m1/s1. The zero-order valence-electron chi connectivity index (χ0n) is 10.0. The Morgan fingerprint density at radius 3 is 2.75 bits per heavy atom. The van der Waals surface area contributed by atoms with Crippen LogP contribution in [0.4, 0.5) is 0 Å². The van der Waals surface area contributed by atoms with E-state index in [1.54, 1.807) is 12.4 Å². The second-order valence-electron chi connectivity index (χ2n) is 4.21. The Labute approximate surface area is 95.8 Å². The summed E-state index contributed by atoms with van der Waals surface area (Å²) in [6.07, 6.45) is 4.20. The van der Waals surface area contributed by atoms with Crippen molar-refractivity contribution in [2.75, 3.05) is 0 Å². The Morgan fingerprint density at radius 1 is 1.62 bits per heavy atom. The van der Waals surface area contributed by atoms with Gasteiger partial charge in [0.05, 0.1) is 12.1 Å². The summed E-state index contributed by atoms with van der Waals surface area (Å²) in [4.78, 5) is 18.9. The number of amides is 1. The number of nitrogens with one attached hydrogen (secondary N) is 2. The van der Waals surface area contributed by atoms with Crippen LogP contribution in [0.5, 0.6) is 0 Å². The molecule has 4 N–H and O–H groups in total. The number of rotatable bonds is 5. The van der Waals surface area contributed by atoms with Gasteiger partial charge in [-0.15, -0.1) is 0 Å². The van der Waals surface area contributed by atoms with E-state index < -0.39 is 6.04 Å². The lowest BCUT2D eigenvalue weighted by molar-refractivity contribution is -0.124. The average Bonchev–Trinajstić information content (AvgIpc) is 2.77. The molecule has 1 heterocycles. The average molecular weight is 224 g/mol. The predicted octanol–water partition coefficient (Wildman–Crippen LogP) is 0.960. The molecule has 0 spiro atoms. The number of carbonyl (C=O) groups is 1. The van der Waals surface area contributed by atoms with Crippen LogP contribution in [0.3, 0.4) is 0 Å². The molecule has 0 aliphatic rings. The number of imidazole rings is 1. The van der Waals surface area contributed by atoms with Gasteiger partial charge in [-0.3, -0.25) is 4.79 Å². The number of nitrogens with two attached hydrogens (primary N) is 1. The fourth-order valence-corrected chi connectivity index (χ4v) is 1.40. The Kier molecular flexibility index (Phi) is 4.49. The van der Waals surface area contributed by atoms with Crippen molar-refractivity contribution in [1.29, 1.82) is 0 Å². The van der Waals surface area contributed by atoms with Gasteiger partial charge in [0.2, 0.25) is 5.91 Å². The van der Waals surface area contributed by atoms with E-state index in [1.807, 2.05) is 20.8 Å². The first-order chi connectivity index (χ1) is 7.56. The first kappa shape index (κ1) is 12.7. The van der Waals surface area contributed by atoms with Crippen molar-refractivity contribution in [3.63, 3.8) is 0 Å². The van der Waals surface area contributed by atoms with Crippen LogP contribution in [0.15, 0.2) is 12.4 Å². The van der Waals surface area contributed by atoms with Crippen LogP contribution >= 0.6 is 0 Å². The minimum Gasteiger partial charge on any atom is -0.347 e. The highest BCUT2D eigenvalue weighted by Crippen LogP contribution is 2.12. The molecule has 0 radical (unpaired) electrons. The number of hydrogen-bond acceptors (Lipinski definition) is 3. The fraction of sp³-hybridized carbons (Fsp3) is 0.636. The van der Waals surface area contributed by atoms with E-state index in [2.05, 4.69) is 15.3 Å². The third-order valence-corrected chi connectivity index (χ3v) is 2.60. The van der Waals surface area contributed by atoms with Gasteiger partial charge in [0.15, 0.2) is 0 Å². The highest BCUT2D eigenvalue weighted by atomic mass is 16.2. The van der Waals surface area contributed by atoms with Crippen LogP contribution in [-0.2, 0) is 4.79 Å². The highest BCUT2D eigenvalue weighted by molar-refractivity contribution is 5.82. The molecule has 0 aliphatic carbocycles. The van der Waals surface area contributed by atoms with E-state index in [-0.39, 0.29) is 17.9 Å². The maximum atomic E-state index is 11.8. The summed E-state index contributed by atoms with van der Waals surface area (Å²) < 4.78 is 0. The van der Waals surface area contributed by atoms with Crippen molar-refractivity contribution < 1.29 is 4.79 Å². The SMILES string of the molecule is CCC(NC(=O)[C@H](N)C(C)C)c1ncc[nH]1. The summed E-state index contributed by atoms with van der Waals surface area (Å²) >= 11 is 0. The number of nitrogens with zero attached hydrogens (tertiary/aromatic N) is 1. The van der Waals surface area contributed by atoms with Crippen molar-refractivity contribution in [2.24, 2.45) is 11.7 Å². The first-order valence-electron chi connectivity index (χ1n) is 5.61. The molecule has 0 saturated carbocycles.